The van der Waals surface area contributed by atoms with E-state index in [1.807, 2.05) is 34.6 Å². The average Bonchev–Trinajstić information content (AvgIpc) is 2.70. The van der Waals surface area contributed by atoms with Crippen molar-refractivity contribution in [2.75, 3.05) is 6.61 Å². The number of hydrogen-bond donors (Lipinski definition) is 1. The molecule has 5 heteroatoms. The Hall–Kier alpha value is -0.940. The highest BCUT2D eigenvalue weighted by Crippen LogP contribution is 2.34. The van der Waals surface area contributed by atoms with Gasteiger partial charge in [-0.2, -0.15) is 0 Å². The van der Waals surface area contributed by atoms with Gasteiger partial charge in [-0.15, -0.1) is 11.3 Å². The predicted octanol–water partition coefficient (Wildman–Crippen LogP) is 3.63. The van der Waals surface area contributed by atoms with Crippen LogP contribution in [0.1, 0.15) is 67.5 Å². The van der Waals surface area contributed by atoms with E-state index in [-0.39, 0.29) is 11.5 Å². The summed E-state index contributed by atoms with van der Waals surface area (Å²) in [6.45, 7) is 10.5. The van der Waals surface area contributed by atoms with Crippen molar-refractivity contribution in [2.24, 2.45) is 0 Å². The molecule has 1 heterocycles. The molecule has 0 aliphatic rings. The fourth-order valence-electron chi connectivity index (χ4n) is 1.69. The molecule has 1 aromatic rings. The molecule has 0 saturated heterocycles. The fourth-order valence-corrected chi connectivity index (χ4v) is 2.94. The molecular weight excluding hydrogens is 250 g/mol. The van der Waals surface area contributed by atoms with Gasteiger partial charge in [0, 0.05) is 12.0 Å². The van der Waals surface area contributed by atoms with Gasteiger partial charge in [0.25, 0.3) is 0 Å². The van der Waals surface area contributed by atoms with Crippen molar-refractivity contribution in [1.82, 2.24) is 4.98 Å². The second kappa shape index (κ2) is 5.80. The SMILES string of the molecule is CCOC(CC)c1nc(C(C)(C)C)c(C(=O)O)s1. The molecule has 102 valence electrons. The van der Waals surface area contributed by atoms with Crippen LogP contribution in [0.3, 0.4) is 0 Å². The first-order chi connectivity index (χ1) is 8.31. The van der Waals surface area contributed by atoms with Crippen LogP contribution in [-0.2, 0) is 10.2 Å². The van der Waals surface area contributed by atoms with Gasteiger partial charge in [0.15, 0.2) is 0 Å². The molecule has 0 aliphatic heterocycles. The molecule has 1 atom stereocenters. The third-order valence-electron chi connectivity index (χ3n) is 2.56. The van der Waals surface area contributed by atoms with Crippen molar-refractivity contribution in [1.29, 1.82) is 0 Å². The largest absolute Gasteiger partial charge is 0.477 e. The molecule has 18 heavy (non-hydrogen) atoms. The Morgan fingerprint density at radius 3 is 2.39 bits per heavy atom. The summed E-state index contributed by atoms with van der Waals surface area (Å²) in [5.74, 6) is -0.907. The van der Waals surface area contributed by atoms with Gasteiger partial charge in [0.2, 0.25) is 0 Å². The predicted molar refractivity (Wildman–Crippen MR) is 72.4 cm³/mol. The average molecular weight is 271 g/mol. The zero-order valence-corrected chi connectivity index (χ0v) is 12.4. The van der Waals surface area contributed by atoms with Crippen LogP contribution < -0.4 is 0 Å². The van der Waals surface area contributed by atoms with Gasteiger partial charge in [-0.05, 0) is 13.3 Å². The van der Waals surface area contributed by atoms with E-state index in [4.69, 9.17) is 4.74 Å². The normalized spacial score (nSPS) is 13.6. The first-order valence-corrected chi connectivity index (χ1v) is 6.99. The number of nitrogens with zero attached hydrogens (tertiary/aromatic N) is 1. The van der Waals surface area contributed by atoms with E-state index in [1.54, 1.807) is 0 Å². The molecule has 0 aliphatic carbocycles. The lowest BCUT2D eigenvalue weighted by molar-refractivity contribution is 0.0594. The third kappa shape index (κ3) is 3.29. The molecule has 0 saturated carbocycles. The van der Waals surface area contributed by atoms with E-state index in [2.05, 4.69) is 4.98 Å². The summed E-state index contributed by atoms with van der Waals surface area (Å²) in [6.07, 6.45) is 0.693. The molecular formula is C13H21NO3S. The zero-order valence-electron chi connectivity index (χ0n) is 11.6. The molecule has 1 N–H and O–H groups in total. The number of carboxylic acid groups (broad SMARTS) is 1. The number of hydrogen-bond acceptors (Lipinski definition) is 4. The van der Waals surface area contributed by atoms with Crippen LogP contribution in [0.4, 0.5) is 0 Å². The van der Waals surface area contributed by atoms with Crippen LogP contribution in [0.25, 0.3) is 0 Å². The van der Waals surface area contributed by atoms with Gasteiger partial charge in [0.1, 0.15) is 16.0 Å². The highest BCUT2D eigenvalue weighted by atomic mass is 32.1. The van der Waals surface area contributed by atoms with Crippen molar-refractivity contribution in [3.05, 3.63) is 15.6 Å². The van der Waals surface area contributed by atoms with Gasteiger partial charge < -0.3 is 9.84 Å². The summed E-state index contributed by atoms with van der Waals surface area (Å²) in [5.41, 5.74) is 0.376. The van der Waals surface area contributed by atoms with Crippen LogP contribution in [0.15, 0.2) is 0 Å². The Morgan fingerprint density at radius 1 is 1.44 bits per heavy atom. The standard InChI is InChI=1S/C13H21NO3S/c1-6-8(17-7-2)11-14-10(13(3,4)5)9(18-11)12(15)16/h8H,6-7H2,1-5H3,(H,15,16). The smallest absolute Gasteiger partial charge is 0.347 e. The Balaban J connectivity index is 3.21. The summed E-state index contributed by atoms with van der Waals surface area (Å²) in [4.78, 5) is 16.1. The Labute approximate surface area is 112 Å². The van der Waals surface area contributed by atoms with Crippen molar-refractivity contribution in [3.63, 3.8) is 0 Å². The van der Waals surface area contributed by atoms with Gasteiger partial charge in [-0.25, -0.2) is 9.78 Å². The fraction of sp³-hybridized carbons (Fsp3) is 0.692. The minimum Gasteiger partial charge on any atom is -0.477 e. The molecule has 0 radical (unpaired) electrons. The van der Waals surface area contributed by atoms with Gasteiger partial charge >= 0.3 is 5.97 Å². The van der Waals surface area contributed by atoms with E-state index in [0.29, 0.717) is 17.2 Å². The van der Waals surface area contributed by atoms with Crippen molar-refractivity contribution >= 4 is 17.3 Å². The number of carboxylic acids is 1. The minimum atomic E-state index is -0.907. The number of thiazole rings is 1. The molecule has 1 rings (SSSR count). The van der Waals surface area contributed by atoms with Crippen LogP contribution in [0.2, 0.25) is 0 Å². The van der Waals surface area contributed by atoms with Gasteiger partial charge in [-0.1, -0.05) is 27.7 Å². The van der Waals surface area contributed by atoms with E-state index in [1.165, 1.54) is 11.3 Å². The lowest BCUT2D eigenvalue weighted by Gasteiger charge is -2.16. The number of ether oxygens (including phenoxy) is 1. The topological polar surface area (TPSA) is 59.4 Å². The Kier molecular flexibility index (Phi) is 4.87. The summed E-state index contributed by atoms with van der Waals surface area (Å²) in [5, 5.41) is 10.0. The number of rotatable bonds is 5. The highest BCUT2D eigenvalue weighted by molar-refractivity contribution is 7.13. The zero-order chi connectivity index (χ0) is 13.9. The van der Waals surface area contributed by atoms with Crippen LogP contribution in [-0.4, -0.2) is 22.7 Å². The summed E-state index contributed by atoms with van der Waals surface area (Å²) in [6, 6.07) is 0. The summed E-state index contributed by atoms with van der Waals surface area (Å²) < 4.78 is 5.59. The maximum absolute atomic E-state index is 11.3. The molecule has 0 fully saturated rings. The van der Waals surface area contributed by atoms with Crippen molar-refractivity contribution in [3.8, 4) is 0 Å². The second-order valence-electron chi connectivity index (χ2n) is 5.14. The molecule has 0 spiro atoms. The number of aromatic nitrogens is 1. The summed E-state index contributed by atoms with van der Waals surface area (Å²) in [7, 11) is 0. The first-order valence-electron chi connectivity index (χ1n) is 6.17. The second-order valence-corrected chi connectivity index (χ2v) is 6.17. The van der Waals surface area contributed by atoms with E-state index >= 15 is 0 Å². The number of carbonyl (C=O) groups is 1. The minimum absolute atomic E-state index is 0.103. The van der Waals surface area contributed by atoms with Crippen molar-refractivity contribution < 1.29 is 14.6 Å². The van der Waals surface area contributed by atoms with E-state index in [0.717, 1.165) is 11.4 Å². The monoisotopic (exact) mass is 271 g/mol. The molecule has 0 aromatic carbocycles. The Morgan fingerprint density at radius 2 is 2.06 bits per heavy atom. The lowest BCUT2D eigenvalue weighted by atomic mass is 9.91. The molecule has 0 bridgehead atoms. The highest BCUT2D eigenvalue weighted by Gasteiger charge is 2.28. The number of aromatic carboxylic acids is 1. The molecule has 4 nitrogen and oxygen atoms in total. The van der Waals surface area contributed by atoms with Crippen LogP contribution in [0, 0.1) is 0 Å². The van der Waals surface area contributed by atoms with Crippen molar-refractivity contribution in [2.45, 2.75) is 52.6 Å². The first kappa shape index (κ1) is 15.1. The van der Waals surface area contributed by atoms with Gasteiger partial charge in [-0.3, -0.25) is 0 Å². The van der Waals surface area contributed by atoms with Gasteiger partial charge in [0.05, 0.1) is 5.69 Å². The third-order valence-corrected chi connectivity index (χ3v) is 3.70. The Bertz CT molecular complexity index is 420. The van der Waals surface area contributed by atoms with Crippen LogP contribution in [0.5, 0.6) is 0 Å². The molecule has 1 aromatic heterocycles. The lowest BCUT2D eigenvalue weighted by Crippen LogP contribution is -2.16. The molecule has 1 unspecified atom stereocenters. The van der Waals surface area contributed by atoms with E-state index < -0.39 is 5.97 Å². The quantitative estimate of drug-likeness (QED) is 0.888. The molecule has 0 amide bonds. The van der Waals surface area contributed by atoms with Crippen LogP contribution >= 0.6 is 11.3 Å². The summed E-state index contributed by atoms with van der Waals surface area (Å²) >= 11 is 1.23. The maximum atomic E-state index is 11.3. The van der Waals surface area contributed by atoms with E-state index in [9.17, 15) is 9.90 Å². The maximum Gasteiger partial charge on any atom is 0.347 e.